The Morgan fingerprint density at radius 1 is 1.29 bits per heavy atom. The molecule has 3 nitrogen and oxygen atoms in total. The van der Waals surface area contributed by atoms with Gasteiger partial charge in [-0.15, -0.1) is 0 Å². The third kappa shape index (κ3) is 1.76. The number of hydrogen-bond donors (Lipinski definition) is 3. The Morgan fingerprint density at radius 3 is 2.41 bits per heavy atom. The number of phenols is 2. The fourth-order valence-electron chi connectivity index (χ4n) is 2.80. The fraction of sp³-hybridized carbons (Fsp3) is 0.538. The van der Waals surface area contributed by atoms with Gasteiger partial charge in [-0.2, -0.15) is 4.39 Å². The van der Waals surface area contributed by atoms with Crippen molar-refractivity contribution in [1.82, 2.24) is 0 Å². The lowest BCUT2D eigenvalue weighted by molar-refractivity contribution is 0.360. The lowest BCUT2D eigenvalue weighted by Gasteiger charge is -2.29. The number of aryl methyl sites for hydroxylation is 1. The second-order valence-corrected chi connectivity index (χ2v) is 4.94. The number of rotatable bonds is 2. The van der Waals surface area contributed by atoms with E-state index in [0.29, 0.717) is 17.7 Å². The molecule has 0 atom stereocenters. The second-order valence-electron chi connectivity index (χ2n) is 4.94. The first-order chi connectivity index (χ1) is 8.02. The highest BCUT2D eigenvalue weighted by atomic mass is 19.1. The first-order valence-electron chi connectivity index (χ1n) is 5.93. The van der Waals surface area contributed by atoms with Crippen molar-refractivity contribution in [3.05, 3.63) is 23.0 Å². The van der Waals surface area contributed by atoms with Gasteiger partial charge in [-0.1, -0.05) is 12.8 Å². The number of halogens is 1. The van der Waals surface area contributed by atoms with E-state index in [4.69, 9.17) is 5.73 Å². The average Bonchev–Trinajstić information content (AvgIpc) is 2.81. The number of benzene rings is 1. The highest BCUT2D eigenvalue weighted by Gasteiger charge is 2.37. The molecule has 1 saturated carbocycles. The van der Waals surface area contributed by atoms with Gasteiger partial charge in [-0.3, -0.25) is 0 Å². The molecule has 0 radical (unpaired) electrons. The Hall–Kier alpha value is -1.29. The van der Waals surface area contributed by atoms with Crippen LogP contribution in [0.3, 0.4) is 0 Å². The number of nitrogens with two attached hydrogens (primary N) is 1. The summed E-state index contributed by atoms with van der Waals surface area (Å²) in [6.45, 7) is 2.02. The summed E-state index contributed by atoms with van der Waals surface area (Å²) in [5.74, 6) is -1.85. The van der Waals surface area contributed by atoms with Gasteiger partial charge in [0.1, 0.15) is 0 Å². The van der Waals surface area contributed by atoms with Gasteiger partial charge in [0.15, 0.2) is 11.5 Å². The fourth-order valence-corrected chi connectivity index (χ4v) is 2.80. The van der Waals surface area contributed by atoms with Crippen molar-refractivity contribution in [3.8, 4) is 11.5 Å². The van der Waals surface area contributed by atoms with Gasteiger partial charge >= 0.3 is 0 Å². The lowest BCUT2D eigenvalue weighted by atomic mass is 9.77. The summed E-state index contributed by atoms with van der Waals surface area (Å²) < 4.78 is 13.7. The maximum absolute atomic E-state index is 13.7. The minimum absolute atomic E-state index is 0.330. The molecule has 1 aliphatic carbocycles. The first-order valence-corrected chi connectivity index (χ1v) is 5.93. The van der Waals surface area contributed by atoms with Crippen LogP contribution in [0.25, 0.3) is 0 Å². The lowest BCUT2D eigenvalue weighted by Crippen LogP contribution is -2.32. The Kier molecular flexibility index (Phi) is 3.00. The molecule has 0 amide bonds. The van der Waals surface area contributed by atoms with Crippen molar-refractivity contribution in [2.75, 3.05) is 6.54 Å². The Morgan fingerprint density at radius 2 is 1.88 bits per heavy atom. The van der Waals surface area contributed by atoms with Crippen LogP contribution in [0.15, 0.2) is 6.07 Å². The zero-order chi connectivity index (χ0) is 12.6. The maximum atomic E-state index is 13.7. The van der Waals surface area contributed by atoms with E-state index in [1.807, 2.05) is 0 Å². The first kappa shape index (κ1) is 12.2. The molecule has 1 aromatic carbocycles. The smallest absolute Gasteiger partial charge is 0.206 e. The van der Waals surface area contributed by atoms with Crippen molar-refractivity contribution < 1.29 is 14.6 Å². The van der Waals surface area contributed by atoms with E-state index >= 15 is 0 Å². The minimum Gasteiger partial charge on any atom is -0.505 e. The molecule has 0 saturated heterocycles. The summed E-state index contributed by atoms with van der Waals surface area (Å²) in [7, 11) is 0. The van der Waals surface area contributed by atoms with Gasteiger partial charge in [-0.05, 0) is 31.4 Å². The predicted molar refractivity (Wildman–Crippen MR) is 63.7 cm³/mol. The van der Waals surface area contributed by atoms with Crippen molar-refractivity contribution in [2.24, 2.45) is 5.73 Å². The molecule has 1 fully saturated rings. The summed E-state index contributed by atoms with van der Waals surface area (Å²) in [5.41, 5.74) is 6.47. The minimum atomic E-state index is -0.931. The summed E-state index contributed by atoms with van der Waals surface area (Å²) in [5, 5.41) is 19.3. The van der Waals surface area contributed by atoms with Crippen molar-refractivity contribution in [2.45, 2.75) is 38.0 Å². The summed E-state index contributed by atoms with van der Waals surface area (Å²) in [6.07, 6.45) is 3.80. The molecule has 0 bridgehead atoms. The summed E-state index contributed by atoms with van der Waals surface area (Å²) in [6, 6.07) is 1.66. The molecule has 4 N–H and O–H groups in total. The molecule has 4 heteroatoms. The third-order valence-electron chi connectivity index (χ3n) is 3.93. The van der Waals surface area contributed by atoms with E-state index in [0.717, 1.165) is 25.7 Å². The number of phenolic OH excluding ortho intramolecular Hbond substituents is 2. The third-order valence-corrected chi connectivity index (χ3v) is 3.93. The predicted octanol–water partition coefficient (Wildman–Crippen LogP) is 2.32. The molecule has 94 valence electrons. The number of aromatic hydroxyl groups is 2. The summed E-state index contributed by atoms with van der Waals surface area (Å²) in [4.78, 5) is 0. The molecule has 1 aromatic rings. The van der Waals surface area contributed by atoms with Crippen LogP contribution < -0.4 is 5.73 Å². The van der Waals surface area contributed by atoms with Crippen LogP contribution in [0.5, 0.6) is 11.5 Å². The van der Waals surface area contributed by atoms with Crippen LogP contribution in [-0.2, 0) is 5.41 Å². The Bertz CT molecular complexity index is 440. The van der Waals surface area contributed by atoms with Gasteiger partial charge in [-0.25, -0.2) is 0 Å². The van der Waals surface area contributed by atoms with Crippen molar-refractivity contribution >= 4 is 0 Å². The van der Waals surface area contributed by atoms with Gasteiger partial charge in [0, 0.05) is 17.5 Å². The zero-order valence-electron chi connectivity index (χ0n) is 9.96. The van der Waals surface area contributed by atoms with E-state index in [1.165, 1.54) is 0 Å². The molecule has 2 rings (SSSR count). The monoisotopic (exact) mass is 239 g/mol. The van der Waals surface area contributed by atoms with Gasteiger partial charge in [0.2, 0.25) is 5.82 Å². The molecular weight excluding hydrogens is 221 g/mol. The average molecular weight is 239 g/mol. The van der Waals surface area contributed by atoms with Gasteiger partial charge in [0.25, 0.3) is 0 Å². The van der Waals surface area contributed by atoms with Crippen molar-refractivity contribution in [1.29, 1.82) is 0 Å². The van der Waals surface area contributed by atoms with Crippen molar-refractivity contribution in [3.63, 3.8) is 0 Å². The SMILES string of the molecule is Cc1cc(C2(CN)CCCC2)c(O)c(F)c1O. The molecule has 0 aromatic heterocycles. The van der Waals surface area contributed by atoms with E-state index in [2.05, 4.69) is 0 Å². The molecule has 0 spiro atoms. The topological polar surface area (TPSA) is 66.5 Å². The standard InChI is InChI=1S/C13H18FNO2/c1-8-6-9(12(17)10(14)11(8)16)13(7-15)4-2-3-5-13/h6,16-17H,2-5,7,15H2,1H3. The molecule has 0 unspecified atom stereocenters. The molecule has 17 heavy (non-hydrogen) atoms. The van der Waals surface area contributed by atoms with E-state index < -0.39 is 17.3 Å². The van der Waals surface area contributed by atoms with E-state index in [-0.39, 0.29) is 5.41 Å². The van der Waals surface area contributed by atoms with Crippen LogP contribution >= 0.6 is 0 Å². The maximum Gasteiger partial charge on any atom is 0.206 e. The zero-order valence-corrected chi connectivity index (χ0v) is 9.96. The van der Waals surface area contributed by atoms with Gasteiger partial charge < -0.3 is 15.9 Å². The number of hydrogen-bond acceptors (Lipinski definition) is 3. The van der Waals surface area contributed by atoms with Crippen LogP contribution in [0.1, 0.15) is 36.8 Å². The Balaban J connectivity index is 2.59. The van der Waals surface area contributed by atoms with Crippen LogP contribution in [-0.4, -0.2) is 16.8 Å². The van der Waals surface area contributed by atoms with Crippen LogP contribution in [0, 0.1) is 12.7 Å². The molecule has 0 aliphatic heterocycles. The molecule has 1 aliphatic rings. The normalized spacial score (nSPS) is 18.5. The van der Waals surface area contributed by atoms with Gasteiger partial charge in [0.05, 0.1) is 0 Å². The van der Waals surface area contributed by atoms with Crippen LogP contribution in [0.2, 0.25) is 0 Å². The molecule has 0 heterocycles. The second kappa shape index (κ2) is 4.18. The largest absolute Gasteiger partial charge is 0.505 e. The van der Waals surface area contributed by atoms with E-state index in [1.54, 1.807) is 13.0 Å². The van der Waals surface area contributed by atoms with E-state index in [9.17, 15) is 14.6 Å². The highest BCUT2D eigenvalue weighted by Crippen LogP contribution is 2.46. The quantitative estimate of drug-likeness (QED) is 0.742. The van der Waals surface area contributed by atoms with Crippen LogP contribution in [0.4, 0.5) is 4.39 Å². The molecular formula is C13H18FNO2. The highest BCUT2D eigenvalue weighted by molar-refractivity contribution is 5.50. The Labute approximate surface area is 100 Å². The summed E-state index contributed by atoms with van der Waals surface area (Å²) >= 11 is 0.